The molecule has 0 bridgehead atoms. The van der Waals surface area contributed by atoms with Gasteiger partial charge in [-0.3, -0.25) is 20.0 Å². The van der Waals surface area contributed by atoms with Crippen LogP contribution in [0.1, 0.15) is 49.9 Å². The molecule has 8 aromatic rings. The molecule has 0 radical (unpaired) electrons. The van der Waals surface area contributed by atoms with E-state index in [1.54, 1.807) is 106 Å². The molecule has 0 aliphatic rings. The Hall–Kier alpha value is -9.67. The van der Waals surface area contributed by atoms with Crippen molar-refractivity contribution in [3.05, 3.63) is 168 Å². The molecule has 18 nitrogen and oxygen atoms in total. The number of aliphatic imine (C=N–C) groups is 4. The molecule has 466 valence electrons. The Morgan fingerprint density at radius 3 is 0.652 bits per heavy atom. The topological polar surface area (TPSA) is 238 Å². The summed E-state index contributed by atoms with van der Waals surface area (Å²) in [5, 5.41) is 42.0. The first kappa shape index (κ1) is 68.4. The average Bonchev–Trinajstić information content (AvgIpc) is 2.40. The normalized spacial score (nSPS) is 11.4. The van der Waals surface area contributed by atoms with Crippen LogP contribution in [-0.4, -0.2) is 128 Å². The molecule has 0 saturated heterocycles. The predicted molar refractivity (Wildman–Crippen MR) is 345 cm³/mol. The zero-order valence-electron chi connectivity index (χ0n) is 52.1. The number of phenolic OH excluding ortho intramolecular Hbond substituents is 4. The van der Waals surface area contributed by atoms with E-state index in [1.807, 2.05) is 121 Å². The van der Waals surface area contributed by atoms with Gasteiger partial charge in [-0.1, -0.05) is 76.2 Å². The number of nitrogens with zero attached hydrogens (tertiary/aromatic N) is 4. The van der Waals surface area contributed by atoms with Crippen LogP contribution in [-0.2, 0) is 25.3 Å². The molecule has 0 aliphatic heterocycles. The molecule has 0 spiro atoms. The first-order chi connectivity index (χ1) is 42.8. The van der Waals surface area contributed by atoms with Crippen molar-refractivity contribution in [2.75, 3.05) is 83.1 Å². The maximum absolute atomic E-state index is 10.5. The van der Waals surface area contributed by atoms with Gasteiger partial charge in [-0.2, -0.15) is 0 Å². The van der Waals surface area contributed by atoms with Crippen molar-refractivity contribution < 1.29 is 83.6 Å². The molecule has 8 rings (SSSR count). The van der Waals surface area contributed by atoms with E-state index in [0.717, 1.165) is 44.5 Å². The standard InChI is InChI=1S/2C35H38N2O6.2O.W/c2*1-35(2,21-36-19-25-17-23(13-15-27(25)38)33-29(40-3)9-7-10-30(33)41-4)22-37-20-26-18-24(14-16-28(26)39)34-31(42-5)11-8-12-32(34)43-6;;;/h2*7-20,38-39H,21-22H2,1-6H3;;;. The van der Waals surface area contributed by atoms with Gasteiger partial charge in [-0.15, -0.1) is 0 Å². The maximum atomic E-state index is 10.5. The van der Waals surface area contributed by atoms with Gasteiger partial charge < -0.3 is 58.3 Å². The summed E-state index contributed by atoms with van der Waals surface area (Å²) in [5.74, 6) is 5.87. The number of aromatic hydroxyl groups is 4. The molecule has 0 saturated carbocycles. The van der Waals surface area contributed by atoms with Gasteiger partial charge in [0.1, 0.15) is 69.0 Å². The summed E-state index contributed by atoms with van der Waals surface area (Å²) in [6.07, 6.45) is 6.68. The Bertz CT molecular complexity index is 3290. The van der Waals surface area contributed by atoms with E-state index in [2.05, 4.69) is 47.7 Å². The van der Waals surface area contributed by atoms with Crippen LogP contribution in [0.15, 0.2) is 166 Å². The van der Waals surface area contributed by atoms with Crippen LogP contribution in [0.25, 0.3) is 44.5 Å². The Labute approximate surface area is 528 Å². The summed E-state index contributed by atoms with van der Waals surface area (Å²) in [6.45, 7) is 10.1. The average molecular weight is 1380 g/mol. The van der Waals surface area contributed by atoms with Gasteiger partial charge in [0.25, 0.3) is 0 Å². The van der Waals surface area contributed by atoms with Crippen molar-refractivity contribution >= 4 is 24.9 Å². The van der Waals surface area contributed by atoms with Crippen LogP contribution >= 0.6 is 0 Å². The summed E-state index contributed by atoms with van der Waals surface area (Å²) >= 11 is -2.25. The Balaban J connectivity index is 0.000000272. The fraction of sp³-hybridized carbons (Fsp3) is 0.257. The van der Waals surface area contributed by atoms with Crippen LogP contribution in [0.5, 0.6) is 69.0 Å². The number of ether oxygens (including phenoxy) is 8. The number of methoxy groups -OCH3 is 8. The Morgan fingerprint density at radius 2 is 0.494 bits per heavy atom. The van der Waals surface area contributed by atoms with E-state index < -0.39 is 18.5 Å². The molecule has 0 unspecified atom stereocenters. The van der Waals surface area contributed by atoms with Crippen LogP contribution in [0, 0.1) is 10.8 Å². The molecule has 0 aliphatic carbocycles. The molecule has 8 aromatic carbocycles. The van der Waals surface area contributed by atoms with Crippen molar-refractivity contribution in [3.63, 3.8) is 0 Å². The molecule has 0 aromatic heterocycles. The monoisotopic (exact) mass is 1380 g/mol. The van der Waals surface area contributed by atoms with Gasteiger partial charge in [0.05, 0.1) is 79.1 Å². The third-order valence-corrected chi connectivity index (χ3v) is 14.0. The van der Waals surface area contributed by atoms with Gasteiger partial charge in [-0.05, 0) is 119 Å². The first-order valence-corrected chi connectivity index (χ1v) is 30.3. The summed E-state index contributed by atoms with van der Waals surface area (Å²) in [5.41, 5.74) is 8.30. The van der Waals surface area contributed by atoms with Crippen LogP contribution in [0.2, 0.25) is 0 Å². The van der Waals surface area contributed by atoms with Crippen molar-refractivity contribution in [2.24, 2.45) is 30.8 Å². The number of hydrogen-bond donors (Lipinski definition) is 4. The van der Waals surface area contributed by atoms with Gasteiger partial charge in [0.15, 0.2) is 0 Å². The molecule has 0 atom stereocenters. The van der Waals surface area contributed by atoms with Gasteiger partial charge in [0, 0.05) is 84.1 Å². The van der Waals surface area contributed by atoms with Crippen molar-refractivity contribution in [2.45, 2.75) is 27.7 Å². The van der Waals surface area contributed by atoms with E-state index in [4.69, 9.17) is 44.7 Å². The summed E-state index contributed by atoms with van der Waals surface area (Å²) in [7, 11) is 12.9. The van der Waals surface area contributed by atoms with Crippen LogP contribution in [0.4, 0.5) is 0 Å². The number of phenols is 4. The van der Waals surface area contributed by atoms with E-state index in [9.17, 15) is 20.4 Å². The third kappa shape index (κ3) is 18.2. The molecule has 89 heavy (non-hydrogen) atoms. The van der Waals surface area contributed by atoms with E-state index in [1.165, 1.54) is 0 Å². The van der Waals surface area contributed by atoms with Crippen molar-refractivity contribution in [1.29, 1.82) is 0 Å². The second-order valence-corrected chi connectivity index (χ2v) is 22.0. The summed E-state index contributed by atoms with van der Waals surface area (Å²) < 4.78 is 61.5. The van der Waals surface area contributed by atoms with E-state index >= 15 is 0 Å². The first-order valence-electron chi connectivity index (χ1n) is 27.9. The fourth-order valence-corrected chi connectivity index (χ4v) is 9.46. The third-order valence-electron chi connectivity index (χ3n) is 14.0. The minimum absolute atomic E-state index is 0.124. The van der Waals surface area contributed by atoms with Crippen LogP contribution in [0.3, 0.4) is 0 Å². The quantitative estimate of drug-likeness (QED) is 0.0412. The second kappa shape index (κ2) is 32.9. The number of rotatable bonds is 24. The molecular weight excluding hydrogens is 1300 g/mol. The zero-order chi connectivity index (χ0) is 64.7. The van der Waals surface area contributed by atoms with E-state index in [0.29, 0.717) is 94.4 Å². The molecule has 4 N–H and O–H groups in total. The minimum atomic E-state index is -2.25. The molecule has 0 amide bonds. The molecule has 0 heterocycles. The summed E-state index contributed by atoms with van der Waals surface area (Å²) in [4.78, 5) is 18.5. The summed E-state index contributed by atoms with van der Waals surface area (Å²) in [6, 6.07) is 43.7. The van der Waals surface area contributed by atoms with Gasteiger partial charge in [0.2, 0.25) is 0 Å². The van der Waals surface area contributed by atoms with Crippen LogP contribution < -0.4 is 37.9 Å². The second-order valence-electron chi connectivity index (χ2n) is 21.5. The van der Waals surface area contributed by atoms with Gasteiger partial charge >= 0.3 is 25.3 Å². The SMILES string of the molecule is COc1cccc(OC)c1-c1ccc(O)c(C=NCC(C)(C)CN=Cc2cc(-c3c(OC)cccc3OC)ccc2O)c1.COc1cccc(OC)c1-c1ccc(O)c(C=NCC(C)(C)CN=Cc2cc(-c3c(OC)cccc3OC)ccc2O)c1.[O]=[W]=[O]. The predicted octanol–water partition coefficient (Wildman–Crippen LogP) is 13.8. The molecule has 0 fully saturated rings. The van der Waals surface area contributed by atoms with Gasteiger partial charge in [-0.25, -0.2) is 0 Å². The van der Waals surface area contributed by atoms with Crippen molar-refractivity contribution in [3.8, 4) is 114 Å². The molecule has 19 heteroatoms. The fourth-order valence-electron chi connectivity index (χ4n) is 9.46. The van der Waals surface area contributed by atoms with E-state index in [-0.39, 0.29) is 33.8 Å². The Morgan fingerprint density at radius 1 is 0.326 bits per heavy atom. The number of hydrogen-bond acceptors (Lipinski definition) is 18. The molecular formula is C70H76N4O14W. The Kier molecular flexibility index (Phi) is 25.3. The zero-order valence-corrected chi connectivity index (χ0v) is 55.0. The van der Waals surface area contributed by atoms with Crippen molar-refractivity contribution in [1.82, 2.24) is 0 Å². The number of benzene rings is 8.